The van der Waals surface area contributed by atoms with Gasteiger partial charge in [0.2, 0.25) is 0 Å². The van der Waals surface area contributed by atoms with Crippen LogP contribution in [0.25, 0.3) is 16.6 Å². The Hall–Kier alpha value is -3.49. The number of halogens is 1. The maximum Gasteiger partial charge on any atom is 0.322 e. The number of ether oxygens (including phenoxy) is 1. The Bertz CT molecular complexity index is 1470. The molecule has 0 aliphatic carbocycles. The van der Waals surface area contributed by atoms with Crippen LogP contribution in [0.5, 0.6) is 0 Å². The molecule has 0 spiro atoms. The molecule has 0 aliphatic heterocycles. The number of fused-ring (bicyclic) bond motifs is 1. The Kier molecular flexibility index (Phi) is 7.86. The van der Waals surface area contributed by atoms with E-state index in [1.54, 1.807) is 22.6 Å². The first-order valence-corrected chi connectivity index (χ1v) is 12.5. The van der Waals surface area contributed by atoms with E-state index in [-0.39, 0.29) is 11.6 Å². The first kappa shape index (κ1) is 25.6. The lowest BCUT2D eigenvalue weighted by atomic mass is 10.1. The quantitative estimate of drug-likeness (QED) is 0.307. The van der Waals surface area contributed by atoms with E-state index < -0.39 is 6.04 Å². The highest BCUT2D eigenvalue weighted by Gasteiger charge is 2.27. The summed E-state index contributed by atoms with van der Waals surface area (Å²) in [5.74, 6) is 0.478. The van der Waals surface area contributed by atoms with Crippen LogP contribution in [0.3, 0.4) is 0 Å². The van der Waals surface area contributed by atoms with Crippen LogP contribution in [0, 0.1) is 13.8 Å². The maximum absolute atomic E-state index is 13.8. The van der Waals surface area contributed by atoms with Gasteiger partial charge in [-0.25, -0.2) is 9.78 Å². The second kappa shape index (κ2) is 11.1. The van der Waals surface area contributed by atoms with E-state index in [0.29, 0.717) is 35.6 Å². The Balaban J connectivity index is 1.87. The molecule has 186 valence electrons. The minimum absolute atomic E-state index is 0.172. The molecule has 0 fully saturated rings. The molecule has 2 amide bonds. The van der Waals surface area contributed by atoms with Crippen molar-refractivity contribution in [3.63, 3.8) is 0 Å². The van der Waals surface area contributed by atoms with Crippen LogP contribution in [-0.4, -0.2) is 40.7 Å². The van der Waals surface area contributed by atoms with Crippen molar-refractivity contribution in [1.29, 1.82) is 0 Å². The lowest BCUT2D eigenvalue weighted by molar-refractivity contribution is 0.137. The third-order valence-electron chi connectivity index (χ3n) is 6.16. The summed E-state index contributed by atoms with van der Waals surface area (Å²) < 4.78 is 7.72. The fourth-order valence-electron chi connectivity index (χ4n) is 4.17. The van der Waals surface area contributed by atoms with Gasteiger partial charge in [-0.1, -0.05) is 36.4 Å². The van der Waals surface area contributed by atoms with Crippen LogP contribution in [0.2, 0.25) is 0 Å². The number of aromatic nitrogens is 2. The molecule has 1 atom stereocenters. The smallest absolute Gasteiger partial charge is 0.322 e. The molecule has 4 rings (SSSR count). The molecule has 8 heteroatoms. The van der Waals surface area contributed by atoms with Gasteiger partial charge in [-0.15, -0.1) is 0 Å². The first-order chi connectivity index (χ1) is 17.3. The molecule has 1 aromatic heterocycles. The van der Waals surface area contributed by atoms with Gasteiger partial charge in [-0.05, 0) is 78.2 Å². The molecular weight excluding hydrogens is 520 g/mol. The zero-order chi connectivity index (χ0) is 25.8. The van der Waals surface area contributed by atoms with Gasteiger partial charge in [0.05, 0.1) is 34.9 Å². The summed E-state index contributed by atoms with van der Waals surface area (Å²) in [6.45, 7) is 6.47. The van der Waals surface area contributed by atoms with E-state index in [1.807, 2.05) is 81.4 Å². The normalized spacial score (nSPS) is 11.9. The highest BCUT2D eigenvalue weighted by Crippen LogP contribution is 2.27. The van der Waals surface area contributed by atoms with E-state index in [4.69, 9.17) is 9.72 Å². The SMILES string of the molecule is COCCN(C(=O)Nc1ccccc1Br)C(C)c1nc2ccccc2c(=O)n1-c1cc(C)ccc1C. The molecule has 3 aromatic carbocycles. The van der Waals surface area contributed by atoms with Gasteiger partial charge < -0.3 is 15.0 Å². The Labute approximate surface area is 218 Å². The molecule has 0 radical (unpaired) electrons. The number of rotatable bonds is 7. The number of aryl methyl sites for hydroxylation is 2. The monoisotopic (exact) mass is 548 g/mol. The minimum atomic E-state index is -0.542. The summed E-state index contributed by atoms with van der Waals surface area (Å²) in [6, 6.07) is 19.8. The topological polar surface area (TPSA) is 76.5 Å². The van der Waals surface area contributed by atoms with Crippen molar-refractivity contribution in [3.8, 4) is 5.69 Å². The largest absolute Gasteiger partial charge is 0.383 e. The zero-order valence-corrected chi connectivity index (χ0v) is 22.4. The van der Waals surface area contributed by atoms with Gasteiger partial charge in [0.15, 0.2) is 0 Å². The number of anilines is 1. The van der Waals surface area contributed by atoms with E-state index in [1.165, 1.54) is 0 Å². The first-order valence-electron chi connectivity index (χ1n) is 11.7. The van der Waals surface area contributed by atoms with Crippen molar-refractivity contribution in [2.24, 2.45) is 0 Å². The van der Waals surface area contributed by atoms with E-state index in [0.717, 1.165) is 21.3 Å². The molecule has 1 unspecified atom stereocenters. The van der Waals surface area contributed by atoms with E-state index in [2.05, 4.69) is 21.2 Å². The maximum atomic E-state index is 13.8. The summed E-state index contributed by atoms with van der Waals surface area (Å²) in [6.07, 6.45) is 0. The van der Waals surface area contributed by atoms with Crippen molar-refractivity contribution in [2.45, 2.75) is 26.8 Å². The number of hydrogen-bond donors (Lipinski definition) is 1. The summed E-state index contributed by atoms with van der Waals surface area (Å²) in [5, 5.41) is 3.49. The second-order valence-electron chi connectivity index (χ2n) is 8.69. The fourth-order valence-corrected chi connectivity index (χ4v) is 4.56. The van der Waals surface area contributed by atoms with Crippen LogP contribution in [0.4, 0.5) is 10.5 Å². The molecule has 7 nitrogen and oxygen atoms in total. The molecular formula is C28H29BrN4O3. The number of carbonyl (C=O) groups excluding carboxylic acids is 1. The van der Waals surface area contributed by atoms with Crippen LogP contribution < -0.4 is 10.9 Å². The van der Waals surface area contributed by atoms with Crippen molar-refractivity contribution in [2.75, 3.05) is 25.6 Å². The predicted molar refractivity (Wildman–Crippen MR) is 147 cm³/mol. The van der Waals surface area contributed by atoms with Crippen molar-refractivity contribution in [3.05, 3.63) is 98.5 Å². The summed E-state index contributed by atoms with van der Waals surface area (Å²) >= 11 is 3.49. The molecule has 1 heterocycles. The molecule has 1 N–H and O–H groups in total. The number of amides is 2. The number of carbonyl (C=O) groups is 1. The molecule has 36 heavy (non-hydrogen) atoms. The van der Waals surface area contributed by atoms with Crippen LogP contribution in [0.15, 0.2) is 76.0 Å². The van der Waals surface area contributed by atoms with Crippen molar-refractivity contribution in [1.82, 2.24) is 14.5 Å². The van der Waals surface area contributed by atoms with Gasteiger partial charge in [0.25, 0.3) is 5.56 Å². The van der Waals surface area contributed by atoms with Gasteiger partial charge in [-0.3, -0.25) is 9.36 Å². The average Bonchev–Trinajstić information content (AvgIpc) is 2.87. The van der Waals surface area contributed by atoms with Crippen LogP contribution in [0.1, 0.15) is 29.9 Å². The number of para-hydroxylation sites is 2. The number of nitrogens with one attached hydrogen (secondary N) is 1. The Morgan fingerprint density at radius 3 is 2.58 bits per heavy atom. The zero-order valence-electron chi connectivity index (χ0n) is 20.8. The Morgan fingerprint density at radius 2 is 1.83 bits per heavy atom. The van der Waals surface area contributed by atoms with Gasteiger partial charge >= 0.3 is 6.03 Å². The standard InChI is InChI=1S/C28H29BrN4O3/c1-18-13-14-19(2)25(17-18)33-26(30-23-11-7-5-9-21(23)27(33)34)20(3)32(15-16-36-4)28(35)31-24-12-8-6-10-22(24)29/h5-14,17,20H,15-16H2,1-4H3,(H,31,35). The molecule has 4 aromatic rings. The molecule has 0 aliphatic rings. The predicted octanol–water partition coefficient (Wildman–Crippen LogP) is 6.01. The second-order valence-corrected chi connectivity index (χ2v) is 9.54. The molecule has 0 saturated carbocycles. The highest BCUT2D eigenvalue weighted by molar-refractivity contribution is 9.10. The number of hydrogen-bond acceptors (Lipinski definition) is 4. The lowest BCUT2D eigenvalue weighted by Crippen LogP contribution is -2.41. The summed E-state index contributed by atoms with van der Waals surface area (Å²) in [7, 11) is 1.59. The third-order valence-corrected chi connectivity index (χ3v) is 6.85. The lowest BCUT2D eigenvalue weighted by Gasteiger charge is -2.31. The molecule has 0 saturated heterocycles. The minimum Gasteiger partial charge on any atom is -0.383 e. The third kappa shape index (κ3) is 5.20. The number of methoxy groups -OCH3 is 1. The summed E-state index contributed by atoms with van der Waals surface area (Å²) in [4.78, 5) is 33.9. The Morgan fingerprint density at radius 1 is 1.11 bits per heavy atom. The van der Waals surface area contributed by atoms with Gasteiger partial charge in [-0.2, -0.15) is 0 Å². The number of nitrogens with zero attached hydrogens (tertiary/aromatic N) is 3. The highest BCUT2D eigenvalue weighted by atomic mass is 79.9. The number of urea groups is 1. The van der Waals surface area contributed by atoms with Gasteiger partial charge in [0.1, 0.15) is 5.82 Å². The van der Waals surface area contributed by atoms with Gasteiger partial charge in [0, 0.05) is 18.1 Å². The fraction of sp³-hybridized carbons (Fsp3) is 0.250. The average molecular weight is 549 g/mol. The van der Waals surface area contributed by atoms with E-state index in [9.17, 15) is 9.59 Å². The van der Waals surface area contributed by atoms with Crippen LogP contribution in [-0.2, 0) is 4.74 Å². The van der Waals surface area contributed by atoms with Crippen molar-refractivity contribution >= 4 is 38.6 Å². The van der Waals surface area contributed by atoms with E-state index >= 15 is 0 Å². The number of benzene rings is 3. The van der Waals surface area contributed by atoms with Crippen LogP contribution >= 0.6 is 15.9 Å². The molecule has 0 bridgehead atoms. The summed E-state index contributed by atoms with van der Waals surface area (Å²) in [5.41, 5.74) is 3.78. The van der Waals surface area contributed by atoms with Crippen molar-refractivity contribution < 1.29 is 9.53 Å².